The first-order valence-corrected chi connectivity index (χ1v) is 5.05. The second-order valence-corrected chi connectivity index (χ2v) is 4.69. The molecule has 0 aromatic heterocycles. The van der Waals surface area contributed by atoms with Crippen LogP contribution in [-0.4, -0.2) is 5.60 Å². The van der Waals surface area contributed by atoms with Gasteiger partial charge < -0.3 is 10.5 Å². The summed E-state index contributed by atoms with van der Waals surface area (Å²) in [7, 11) is 0. The van der Waals surface area contributed by atoms with E-state index in [9.17, 15) is 0 Å². The van der Waals surface area contributed by atoms with Crippen molar-refractivity contribution in [2.45, 2.75) is 38.8 Å². The fourth-order valence-corrected chi connectivity index (χ4v) is 1.91. The molecule has 0 fully saturated rings. The third-order valence-corrected chi connectivity index (χ3v) is 2.61. The van der Waals surface area contributed by atoms with Crippen LogP contribution in [-0.2, 0) is 6.42 Å². The summed E-state index contributed by atoms with van der Waals surface area (Å²) < 4.78 is 5.79. The maximum absolute atomic E-state index is 5.83. The van der Waals surface area contributed by atoms with Gasteiger partial charge in [-0.25, -0.2) is 0 Å². The molecular formula is C12H17NO. The zero-order chi connectivity index (χ0) is 10.3. The standard InChI is InChI=1S/C12H17NO/c1-8(13)9-4-5-11-10(6-9)7-12(2,3)14-11/h4-6,8H,7,13H2,1-3H3/t8-/m0/s1. The molecule has 0 aliphatic carbocycles. The van der Waals surface area contributed by atoms with E-state index in [0.29, 0.717) is 0 Å². The lowest BCUT2D eigenvalue weighted by Gasteiger charge is -2.16. The summed E-state index contributed by atoms with van der Waals surface area (Å²) in [6.07, 6.45) is 0.975. The van der Waals surface area contributed by atoms with Gasteiger partial charge in [0.25, 0.3) is 0 Å². The van der Waals surface area contributed by atoms with Gasteiger partial charge in [-0.2, -0.15) is 0 Å². The molecule has 1 heterocycles. The van der Waals surface area contributed by atoms with E-state index in [4.69, 9.17) is 10.5 Å². The smallest absolute Gasteiger partial charge is 0.123 e. The van der Waals surface area contributed by atoms with Gasteiger partial charge in [-0.3, -0.25) is 0 Å². The number of fused-ring (bicyclic) bond motifs is 1. The maximum Gasteiger partial charge on any atom is 0.123 e. The predicted molar refractivity (Wildman–Crippen MR) is 57.5 cm³/mol. The van der Waals surface area contributed by atoms with Crippen LogP contribution in [0.25, 0.3) is 0 Å². The number of hydrogen-bond acceptors (Lipinski definition) is 2. The highest BCUT2D eigenvalue weighted by Gasteiger charge is 2.29. The first-order chi connectivity index (χ1) is 6.48. The van der Waals surface area contributed by atoms with Crippen molar-refractivity contribution in [2.24, 2.45) is 5.73 Å². The highest BCUT2D eigenvalue weighted by molar-refractivity contribution is 5.42. The Morgan fingerprint density at radius 2 is 2.14 bits per heavy atom. The van der Waals surface area contributed by atoms with Gasteiger partial charge in [-0.15, -0.1) is 0 Å². The number of ether oxygens (including phenoxy) is 1. The molecule has 1 aromatic rings. The van der Waals surface area contributed by atoms with Crippen molar-refractivity contribution in [3.8, 4) is 5.75 Å². The summed E-state index contributed by atoms with van der Waals surface area (Å²) in [5.41, 5.74) is 8.25. The molecule has 1 aromatic carbocycles. The molecule has 14 heavy (non-hydrogen) atoms. The molecule has 0 amide bonds. The van der Waals surface area contributed by atoms with Gasteiger partial charge >= 0.3 is 0 Å². The van der Waals surface area contributed by atoms with E-state index < -0.39 is 0 Å². The Morgan fingerprint density at radius 1 is 1.43 bits per heavy atom. The van der Waals surface area contributed by atoms with Crippen molar-refractivity contribution in [1.29, 1.82) is 0 Å². The summed E-state index contributed by atoms with van der Waals surface area (Å²) >= 11 is 0. The van der Waals surface area contributed by atoms with Crippen LogP contribution in [0.4, 0.5) is 0 Å². The van der Waals surface area contributed by atoms with Gasteiger partial charge in [0, 0.05) is 12.5 Å². The number of rotatable bonds is 1. The van der Waals surface area contributed by atoms with E-state index in [0.717, 1.165) is 12.2 Å². The minimum absolute atomic E-state index is 0.0568. The zero-order valence-electron chi connectivity index (χ0n) is 9.00. The number of hydrogen-bond donors (Lipinski definition) is 1. The summed E-state index contributed by atoms with van der Waals surface area (Å²) in [4.78, 5) is 0. The van der Waals surface area contributed by atoms with Crippen LogP contribution in [0.2, 0.25) is 0 Å². The second-order valence-electron chi connectivity index (χ2n) is 4.69. The lowest BCUT2D eigenvalue weighted by Crippen LogP contribution is -2.24. The summed E-state index contributed by atoms with van der Waals surface area (Å²) in [6, 6.07) is 6.34. The van der Waals surface area contributed by atoms with Crippen LogP contribution in [0.3, 0.4) is 0 Å². The average molecular weight is 191 g/mol. The molecule has 2 N–H and O–H groups in total. The molecule has 2 nitrogen and oxygen atoms in total. The molecule has 1 aliphatic heterocycles. The van der Waals surface area contributed by atoms with Crippen molar-refractivity contribution in [1.82, 2.24) is 0 Å². The van der Waals surface area contributed by atoms with Crippen LogP contribution in [0.5, 0.6) is 5.75 Å². The highest BCUT2D eigenvalue weighted by atomic mass is 16.5. The topological polar surface area (TPSA) is 35.2 Å². The number of nitrogens with two attached hydrogens (primary N) is 1. The summed E-state index contributed by atoms with van der Waals surface area (Å²) in [5.74, 6) is 1.01. The van der Waals surface area contributed by atoms with Gasteiger partial charge in [0.15, 0.2) is 0 Å². The van der Waals surface area contributed by atoms with Crippen molar-refractivity contribution >= 4 is 0 Å². The lowest BCUT2D eigenvalue weighted by atomic mass is 9.98. The largest absolute Gasteiger partial charge is 0.487 e. The fraction of sp³-hybridized carbons (Fsp3) is 0.500. The van der Waals surface area contributed by atoms with Crippen molar-refractivity contribution in [2.75, 3.05) is 0 Å². The van der Waals surface area contributed by atoms with E-state index in [-0.39, 0.29) is 11.6 Å². The van der Waals surface area contributed by atoms with Crippen LogP contribution < -0.4 is 10.5 Å². The lowest BCUT2D eigenvalue weighted by molar-refractivity contribution is 0.138. The Hall–Kier alpha value is -1.02. The summed E-state index contributed by atoms with van der Waals surface area (Å²) in [5, 5.41) is 0. The average Bonchev–Trinajstić information content (AvgIpc) is 2.36. The molecular weight excluding hydrogens is 174 g/mol. The van der Waals surface area contributed by atoms with Crippen molar-refractivity contribution in [3.05, 3.63) is 29.3 Å². The predicted octanol–water partition coefficient (Wildman–Crippen LogP) is 2.42. The minimum atomic E-state index is -0.0568. The maximum atomic E-state index is 5.83. The van der Waals surface area contributed by atoms with Gasteiger partial charge in [-0.05, 0) is 38.0 Å². The molecule has 2 heteroatoms. The quantitative estimate of drug-likeness (QED) is 0.740. The van der Waals surface area contributed by atoms with E-state index in [1.54, 1.807) is 0 Å². The highest BCUT2D eigenvalue weighted by Crippen LogP contribution is 2.35. The monoisotopic (exact) mass is 191 g/mol. The third-order valence-electron chi connectivity index (χ3n) is 2.61. The first-order valence-electron chi connectivity index (χ1n) is 5.05. The molecule has 1 aliphatic rings. The Bertz CT molecular complexity index is 355. The Kier molecular flexibility index (Phi) is 2.04. The molecule has 0 unspecified atom stereocenters. The van der Waals surface area contributed by atoms with E-state index >= 15 is 0 Å². The Balaban J connectivity index is 2.36. The van der Waals surface area contributed by atoms with Gasteiger partial charge in [0.1, 0.15) is 11.4 Å². The van der Waals surface area contributed by atoms with Gasteiger partial charge in [0.2, 0.25) is 0 Å². The molecule has 2 rings (SSSR count). The third kappa shape index (κ3) is 1.62. The van der Waals surface area contributed by atoms with Crippen molar-refractivity contribution in [3.63, 3.8) is 0 Å². The van der Waals surface area contributed by atoms with Crippen LogP contribution >= 0.6 is 0 Å². The minimum Gasteiger partial charge on any atom is -0.487 e. The first kappa shape index (κ1) is 9.53. The second kappa shape index (κ2) is 2.99. The van der Waals surface area contributed by atoms with Crippen LogP contribution in [0, 0.1) is 0 Å². The molecule has 0 radical (unpaired) electrons. The Labute approximate surface area is 85.1 Å². The Morgan fingerprint density at radius 3 is 2.79 bits per heavy atom. The molecule has 1 atom stereocenters. The summed E-state index contributed by atoms with van der Waals surface area (Å²) in [6.45, 7) is 6.22. The van der Waals surface area contributed by atoms with Gasteiger partial charge in [-0.1, -0.05) is 12.1 Å². The molecule has 0 saturated carbocycles. The van der Waals surface area contributed by atoms with E-state index in [1.807, 2.05) is 19.1 Å². The molecule has 0 saturated heterocycles. The molecule has 0 bridgehead atoms. The van der Waals surface area contributed by atoms with Crippen LogP contribution in [0.1, 0.15) is 37.9 Å². The zero-order valence-corrected chi connectivity index (χ0v) is 9.00. The van der Waals surface area contributed by atoms with Crippen molar-refractivity contribution < 1.29 is 4.74 Å². The molecule has 0 spiro atoms. The molecule has 76 valence electrons. The van der Waals surface area contributed by atoms with E-state index in [1.165, 1.54) is 11.1 Å². The van der Waals surface area contributed by atoms with E-state index in [2.05, 4.69) is 19.9 Å². The SMILES string of the molecule is C[C@H](N)c1ccc2c(c1)CC(C)(C)O2. The van der Waals surface area contributed by atoms with Crippen LogP contribution in [0.15, 0.2) is 18.2 Å². The normalized spacial score (nSPS) is 20.0. The number of benzene rings is 1. The van der Waals surface area contributed by atoms with Gasteiger partial charge in [0.05, 0.1) is 0 Å². The fourth-order valence-electron chi connectivity index (χ4n) is 1.91.